The Morgan fingerprint density at radius 2 is 2.00 bits per heavy atom. The molecular formula is C25H31N3O2. The molecule has 1 aliphatic rings. The SMILES string of the molecule is Cc1ccc(OCCCCn2c(CCNC(=O)C3CC3)nc3ccccc32)c(C)c1. The molecule has 0 atom stereocenters. The Kier molecular flexibility index (Phi) is 6.36. The van der Waals surface area contributed by atoms with Gasteiger partial charge in [0.25, 0.3) is 0 Å². The summed E-state index contributed by atoms with van der Waals surface area (Å²) in [7, 11) is 0. The van der Waals surface area contributed by atoms with Crippen molar-refractivity contribution in [1.82, 2.24) is 14.9 Å². The molecule has 4 rings (SSSR count). The van der Waals surface area contributed by atoms with Gasteiger partial charge in [0.1, 0.15) is 11.6 Å². The van der Waals surface area contributed by atoms with Crippen LogP contribution in [0.15, 0.2) is 42.5 Å². The van der Waals surface area contributed by atoms with Crippen molar-refractivity contribution < 1.29 is 9.53 Å². The number of ether oxygens (including phenoxy) is 1. The zero-order chi connectivity index (χ0) is 20.9. The number of imidazole rings is 1. The minimum absolute atomic E-state index is 0.196. The molecule has 1 saturated carbocycles. The van der Waals surface area contributed by atoms with E-state index < -0.39 is 0 Å². The summed E-state index contributed by atoms with van der Waals surface area (Å²) in [5.74, 6) is 2.46. The predicted molar refractivity (Wildman–Crippen MR) is 120 cm³/mol. The molecule has 30 heavy (non-hydrogen) atoms. The number of unbranched alkanes of at least 4 members (excludes halogenated alkanes) is 1. The van der Waals surface area contributed by atoms with Crippen molar-refractivity contribution in [3.8, 4) is 5.75 Å². The predicted octanol–water partition coefficient (Wildman–Crippen LogP) is 4.58. The number of benzene rings is 2. The topological polar surface area (TPSA) is 56.1 Å². The molecule has 3 aromatic rings. The Hall–Kier alpha value is -2.82. The summed E-state index contributed by atoms with van der Waals surface area (Å²) in [6.45, 7) is 6.45. The lowest BCUT2D eigenvalue weighted by Gasteiger charge is -2.12. The molecule has 5 nitrogen and oxygen atoms in total. The van der Waals surface area contributed by atoms with Crippen LogP contribution in [0.5, 0.6) is 5.75 Å². The molecule has 0 spiro atoms. The first-order valence-corrected chi connectivity index (χ1v) is 11.0. The molecule has 1 heterocycles. The molecule has 0 unspecified atom stereocenters. The van der Waals surface area contributed by atoms with Gasteiger partial charge in [0.15, 0.2) is 0 Å². The number of amides is 1. The van der Waals surface area contributed by atoms with E-state index in [1.807, 2.05) is 6.07 Å². The first-order valence-electron chi connectivity index (χ1n) is 11.0. The molecule has 0 saturated heterocycles. The third kappa shape index (κ3) is 5.02. The standard InChI is InChI=1S/C25H31N3O2/c1-18-9-12-23(19(2)17-18)30-16-6-5-15-28-22-8-4-3-7-21(22)27-24(28)13-14-26-25(29)20-10-11-20/h3-4,7-9,12,17,20H,5-6,10-11,13-16H2,1-2H3,(H,26,29). The Bertz CT molecular complexity index is 1020. The van der Waals surface area contributed by atoms with Gasteiger partial charge < -0.3 is 14.6 Å². The minimum atomic E-state index is 0.196. The van der Waals surface area contributed by atoms with Gasteiger partial charge >= 0.3 is 0 Å². The maximum Gasteiger partial charge on any atom is 0.223 e. The molecule has 1 amide bonds. The smallest absolute Gasteiger partial charge is 0.223 e. The van der Waals surface area contributed by atoms with Crippen molar-refractivity contribution in [2.24, 2.45) is 5.92 Å². The van der Waals surface area contributed by atoms with E-state index in [9.17, 15) is 4.79 Å². The fourth-order valence-electron chi connectivity index (χ4n) is 3.87. The van der Waals surface area contributed by atoms with Gasteiger partial charge in [-0.05, 0) is 63.3 Å². The summed E-state index contributed by atoms with van der Waals surface area (Å²) in [4.78, 5) is 16.7. The van der Waals surface area contributed by atoms with E-state index in [1.54, 1.807) is 0 Å². The van der Waals surface area contributed by atoms with Gasteiger partial charge in [-0.2, -0.15) is 0 Å². The van der Waals surface area contributed by atoms with Gasteiger partial charge in [-0.3, -0.25) is 4.79 Å². The molecule has 5 heteroatoms. The molecule has 1 aliphatic carbocycles. The Labute approximate surface area is 178 Å². The molecule has 0 radical (unpaired) electrons. The third-order valence-electron chi connectivity index (χ3n) is 5.69. The van der Waals surface area contributed by atoms with Crippen LogP contribution < -0.4 is 10.1 Å². The molecule has 1 aromatic heterocycles. The number of fused-ring (bicyclic) bond motifs is 1. The van der Waals surface area contributed by atoms with Crippen molar-refractivity contribution in [2.45, 2.75) is 52.5 Å². The number of aromatic nitrogens is 2. The van der Waals surface area contributed by atoms with Gasteiger partial charge in [-0.1, -0.05) is 29.8 Å². The van der Waals surface area contributed by atoms with Crippen molar-refractivity contribution >= 4 is 16.9 Å². The van der Waals surface area contributed by atoms with E-state index in [0.29, 0.717) is 13.2 Å². The highest BCUT2D eigenvalue weighted by molar-refractivity contribution is 5.80. The van der Waals surface area contributed by atoms with E-state index >= 15 is 0 Å². The quantitative estimate of drug-likeness (QED) is 0.502. The van der Waals surface area contributed by atoms with Gasteiger partial charge in [-0.15, -0.1) is 0 Å². The van der Waals surface area contributed by atoms with Gasteiger partial charge in [0, 0.05) is 25.4 Å². The van der Waals surface area contributed by atoms with Crippen molar-refractivity contribution in [1.29, 1.82) is 0 Å². The fourth-order valence-corrected chi connectivity index (χ4v) is 3.87. The van der Waals surface area contributed by atoms with E-state index in [-0.39, 0.29) is 11.8 Å². The second-order valence-corrected chi connectivity index (χ2v) is 8.31. The van der Waals surface area contributed by atoms with Crippen LogP contribution in [-0.2, 0) is 17.8 Å². The summed E-state index contributed by atoms with van der Waals surface area (Å²) < 4.78 is 8.28. The lowest BCUT2D eigenvalue weighted by atomic mass is 10.1. The number of aryl methyl sites for hydroxylation is 3. The van der Waals surface area contributed by atoms with Crippen LogP contribution in [-0.4, -0.2) is 28.6 Å². The van der Waals surface area contributed by atoms with Crippen molar-refractivity contribution in [3.05, 3.63) is 59.4 Å². The Balaban J connectivity index is 1.32. The Morgan fingerprint density at radius 1 is 1.17 bits per heavy atom. The maximum atomic E-state index is 11.9. The molecule has 158 valence electrons. The molecule has 0 aliphatic heterocycles. The average Bonchev–Trinajstić information content (AvgIpc) is 3.52. The first kappa shape index (κ1) is 20.5. The summed E-state index contributed by atoms with van der Waals surface area (Å²) in [5, 5.41) is 3.06. The summed E-state index contributed by atoms with van der Waals surface area (Å²) >= 11 is 0. The lowest BCUT2D eigenvalue weighted by Crippen LogP contribution is -2.27. The van der Waals surface area contributed by atoms with Crippen LogP contribution in [0, 0.1) is 19.8 Å². The third-order valence-corrected chi connectivity index (χ3v) is 5.69. The zero-order valence-corrected chi connectivity index (χ0v) is 18.0. The highest BCUT2D eigenvalue weighted by Crippen LogP contribution is 2.28. The largest absolute Gasteiger partial charge is 0.493 e. The van der Waals surface area contributed by atoms with Crippen molar-refractivity contribution in [2.75, 3.05) is 13.2 Å². The highest BCUT2D eigenvalue weighted by atomic mass is 16.5. The van der Waals surface area contributed by atoms with Gasteiger partial charge in [0.2, 0.25) is 5.91 Å². The van der Waals surface area contributed by atoms with Gasteiger partial charge in [0.05, 0.1) is 17.6 Å². The first-order chi connectivity index (χ1) is 14.6. The van der Waals surface area contributed by atoms with Crippen molar-refractivity contribution in [3.63, 3.8) is 0 Å². The van der Waals surface area contributed by atoms with E-state index in [0.717, 1.165) is 61.3 Å². The number of carbonyl (C=O) groups excluding carboxylic acids is 1. The highest BCUT2D eigenvalue weighted by Gasteiger charge is 2.29. The van der Waals surface area contributed by atoms with Gasteiger partial charge in [-0.25, -0.2) is 4.98 Å². The molecular weight excluding hydrogens is 374 g/mol. The average molecular weight is 406 g/mol. The van der Waals surface area contributed by atoms with Crippen LogP contribution in [0.2, 0.25) is 0 Å². The number of hydrogen-bond donors (Lipinski definition) is 1. The van der Waals surface area contributed by atoms with Crippen LogP contribution in [0.3, 0.4) is 0 Å². The summed E-state index contributed by atoms with van der Waals surface area (Å²) in [6, 6.07) is 14.6. The lowest BCUT2D eigenvalue weighted by molar-refractivity contribution is -0.122. The van der Waals surface area contributed by atoms with E-state index in [2.05, 4.69) is 60.1 Å². The van der Waals surface area contributed by atoms with Crippen LogP contribution in [0.25, 0.3) is 11.0 Å². The number of nitrogens with zero attached hydrogens (tertiary/aromatic N) is 2. The van der Waals surface area contributed by atoms with E-state index in [4.69, 9.17) is 9.72 Å². The summed E-state index contributed by atoms with van der Waals surface area (Å²) in [6.07, 6.45) is 4.83. The number of nitrogens with one attached hydrogen (secondary N) is 1. The number of carbonyl (C=O) groups is 1. The zero-order valence-electron chi connectivity index (χ0n) is 18.0. The number of para-hydroxylation sites is 2. The monoisotopic (exact) mass is 405 g/mol. The second kappa shape index (κ2) is 9.33. The minimum Gasteiger partial charge on any atom is -0.493 e. The summed E-state index contributed by atoms with van der Waals surface area (Å²) in [5.41, 5.74) is 4.63. The second-order valence-electron chi connectivity index (χ2n) is 8.31. The normalized spacial score (nSPS) is 13.5. The van der Waals surface area contributed by atoms with Crippen LogP contribution in [0.4, 0.5) is 0 Å². The molecule has 1 fully saturated rings. The number of hydrogen-bond acceptors (Lipinski definition) is 3. The molecule has 0 bridgehead atoms. The molecule has 1 N–H and O–H groups in total. The molecule has 2 aromatic carbocycles. The maximum absolute atomic E-state index is 11.9. The fraction of sp³-hybridized carbons (Fsp3) is 0.440. The van der Waals surface area contributed by atoms with Crippen LogP contribution in [0.1, 0.15) is 42.6 Å². The van der Waals surface area contributed by atoms with Crippen LogP contribution >= 0.6 is 0 Å². The number of rotatable bonds is 10. The van der Waals surface area contributed by atoms with E-state index in [1.165, 1.54) is 11.1 Å². The Morgan fingerprint density at radius 3 is 2.80 bits per heavy atom.